The zero-order chi connectivity index (χ0) is 14.8. The predicted octanol–water partition coefficient (Wildman–Crippen LogP) is 4.05. The standard InChI is InChI=1S/C19H19NO/c21-16-19-15-9-14-18(20-19)13-8-3-1-2-5-10-17-11-6-4-7-12-17/h4,6-7,9,11-12,14-16H,1-3,5,10H2. The molecule has 1 heterocycles. The first-order chi connectivity index (χ1) is 10.4. The minimum absolute atomic E-state index is 0.435. The number of aldehydes is 1. The highest BCUT2D eigenvalue weighted by Gasteiger charge is 1.93. The van der Waals surface area contributed by atoms with Crippen molar-refractivity contribution in [2.45, 2.75) is 32.1 Å². The molecule has 0 spiro atoms. The predicted molar refractivity (Wildman–Crippen MR) is 85.1 cm³/mol. The number of pyridine rings is 1. The Hall–Kier alpha value is -2.40. The fourth-order valence-corrected chi connectivity index (χ4v) is 2.10. The molecule has 0 aliphatic carbocycles. The Balaban J connectivity index is 1.66. The van der Waals surface area contributed by atoms with Gasteiger partial charge in [-0.25, -0.2) is 4.98 Å². The summed E-state index contributed by atoms with van der Waals surface area (Å²) in [7, 11) is 0. The van der Waals surface area contributed by atoms with Gasteiger partial charge in [0, 0.05) is 6.42 Å². The van der Waals surface area contributed by atoms with Gasteiger partial charge in [0.05, 0.1) is 0 Å². The maximum absolute atomic E-state index is 10.6. The van der Waals surface area contributed by atoms with Crippen molar-refractivity contribution >= 4 is 6.29 Å². The summed E-state index contributed by atoms with van der Waals surface area (Å²) in [5.74, 6) is 6.13. The quantitative estimate of drug-likeness (QED) is 0.453. The molecule has 0 atom stereocenters. The summed E-state index contributed by atoms with van der Waals surface area (Å²) < 4.78 is 0. The highest BCUT2D eigenvalue weighted by Crippen LogP contribution is 2.07. The number of unbranched alkanes of at least 4 members (excludes halogenated alkanes) is 3. The van der Waals surface area contributed by atoms with E-state index in [0.717, 1.165) is 25.5 Å². The molecule has 21 heavy (non-hydrogen) atoms. The molecule has 0 unspecified atom stereocenters. The number of aromatic nitrogens is 1. The summed E-state index contributed by atoms with van der Waals surface area (Å²) >= 11 is 0. The van der Waals surface area contributed by atoms with Gasteiger partial charge in [-0.3, -0.25) is 4.79 Å². The van der Waals surface area contributed by atoms with Crippen LogP contribution in [0, 0.1) is 11.8 Å². The largest absolute Gasteiger partial charge is 0.296 e. The van der Waals surface area contributed by atoms with Gasteiger partial charge < -0.3 is 0 Å². The van der Waals surface area contributed by atoms with Crippen molar-refractivity contribution < 1.29 is 4.79 Å². The molecule has 2 rings (SSSR count). The maximum atomic E-state index is 10.6. The lowest BCUT2D eigenvalue weighted by Crippen LogP contribution is -1.89. The third kappa shape index (κ3) is 5.62. The zero-order valence-electron chi connectivity index (χ0n) is 12.1. The van der Waals surface area contributed by atoms with Crippen LogP contribution in [0.1, 0.15) is 47.4 Å². The minimum atomic E-state index is 0.435. The topological polar surface area (TPSA) is 30.0 Å². The van der Waals surface area contributed by atoms with Gasteiger partial charge >= 0.3 is 0 Å². The number of aryl methyl sites for hydroxylation is 1. The van der Waals surface area contributed by atoms with Crippen molar-refractivity contribution in [3.63, 3.8) is 0 Å². The summed E-state index contributed by atoms with van der Waals surface area (Å²) in [6.07, 6.45) is 6.25. The maximum Gasteiger partial charge on any atom is 0.168 e. The van der Waals surface area contributed by atoms with E-state index >= 15 is 0 Å². The molecule has 106 valence electrons. The number of carbonyl (C=O) groups is 1. The van der Waals surface area contributed by atoms with Crippen molar-refractivity contribution in [3.05, 3.63) is 65.5 Å². The van der Waals surface area contributed by atoms with Gasteiger partial charge in [-0.1, -0.05) is 48.7 Å². The van der Waals surface area contributed by atoms with Crippen LogP contribution in [0.15, 0.2) is 48.5 Å². The van der Waals surface area contributed by atoms with Crippen molar-refractivity contribution in [1.82, 2.24) is 4.98 Å². The Morgan fingerprint density at radius 1 is 0.952 bits per heavy atom. The summed E-state index contributed by atoms with van der Waals surface area (Å²) in [4.78, 5) is 14.7. The number of hydrogen-bond donors (Lipinski definition) is 0. The highest BCUT2D eigenvalue weighted by atomic mass is 16.1. The minimum Gasteiger partial charge on any atom is -0.296 e. The molecule has 0 aliphatic rings. The third-order valence-electron chi connectivity index (χ3n) is 3.22. The van der Waals surface area contributed by atoms with E-state index in [1.165, 1.54) is 18.4 Å². The fourth-order valence-electron chi connectivity index (χ4n) is 2.10. The third-order valence-corrected chi connectivity index (χ3v) is 3.22. The number of benzene rings is 1. The first-order valence-electron chi connectivity index (χ1n) is 7.33. The molecule has 0 amide bonds. The molecule has 0 N–H and O–H groups in total. The molecule has 1 aromatic carbocycles. The fraction of sp³-hybridized carbons (Fsp3) is 0.263. The van der Waals surface area contributed by atoms with E-state index in [9.17, 15) is 4.79 Å². The van der Waals surface area contributed by atoms with Crippen LogP contribution in [-0.4, -0.2) is 11.3 Å². The lowest BCUT2D eigenvalue weighted by molar-refractivity contribution is 0.111. The van der Waals surface area contributed by atoms with Gasteiger partial charge in [-0.15, -0.1) is 0 Å². The number of nitrogens with zero attached hydrogens (tertiary/aromatic N) is 1. The Bertz CT molecular complexity index is 623. The van der Waals surface area contributed by atoms with Crippen LogP contribution < -0.4 is 0 Å². The van der Waals surface area contributed by atoms with Gasteiger partial charge in [0.15, 0.2) is 6.29 Å². The van der Waals surface area contributed by atoms with Crippen molar-refractivity contribution in [2.75, 3.05) is 0 Å². The first kappa shape index (κ1) is 15.0. The van der Waals surface area contributed by atoms with Crippen LogP contribution in [0.3, 0.4) is 0 Å². The van der Waals surface area contributed by atoms with Gasteiger partial charge in [0.1, 0.15) is 11.4 Å². The first-order valence-corrected chi connectivity index (χ1v) is 7.33. The van der Waals surface area contributed by atoms with Crippen molar-refractivity contribution in [1.29, 1.82) is 0 Å². The molecule has 0 bridgehead atoms. The summed E-state index contributed by atoms with van der Waals surface area (Å²) in [6.45, 7) is 0. The Morgan fingerprint density at radius 2 is 1.81 bits per heavy atom. The number of hydrogen-bond acceptors (Lipinski definition) is 2. The summed E-state index contributed by atoms with van der Waals surface area (Å²) in [5.41, 5.74) is 2.51. The van der Waals surface area contributed by atoms with Crippen molar-refractivity contribution in [3.8, 4) is 11.8 Å². The van der Waals surface area contributed by atoms with Gasteiger partial charge in [0.2, 0.25) is 0 Å². The molecule has 2 heteroatoms. The molecule has 0 aliphatic heterocycles. The average molecular weight is 277 g/mol. The summed E-state index contributed by atoms with van der Waals surface area (Å²) in [5, 5.41) is 0. The SMILES string of the molecule is O=Cc1cccc(C#CCCCCCc2ccccc2)n1. The highest BCUT2D eigenvalue weighted by molar-refractivity contribution is 5.71. The Morgan fingerprint density at radius 3 is 2.62 bits per heavy atom. The van der Waals surface area contributed by atoms with Crippen LogP contribution in [0.5, 0.6) is 0 Å². The van der Waals surface area contributed by atoms with Crippen LogP contribution in [0.2, 0.25) is 0 Å². The molecule has 2 nitrogen and oxygen atoms in total. The number of rotatable bonds is 6. The van der Waals surface area contributed by atoms with Gasteiger partial charge in [-0.2, -0.15) is 0 Å². The van der Waals surface area contributed by atoms with E-state index in [1.54, 1.807) is 12.1 Å². The van der Waals surface area contributed by atoms with E-state index in [0.29, 0.717) is 11.4 Å². The second kappa shape index (κ2) is 8.71. The van der Waals surface area contributed by atoms with E-state index in [1.807, 2.05) is 12.1 Å². The van der Waals surface area contributed by atoms with Gasteiger partial charge in [-0.05, 0) is 42.9 Å². The van der Waals surface area contributed by atoms with E-state index < -0.39 is 0 Å². The molecule has 1 aromatic heterocycles. The number of carbonyl (C=O) groups excluding carboxylic acids is 1. The Kier molecular flexibility index (Phi) is 6.22. The molecule has 0 radical (unpaired) electrons. The van der Waals surface area contributed by atoms with Crippen LogP contribution >= 0.6 is 0 Å². The van der Waals surface area contributed by atoms with E-state index in [2.05, 4.69) is 41.1 Å². The van der Waals surface area contributed by atoms with Crippen LogP contribution in [0.4, 0.5) is 0 Å². The summed E-state index contributed by atoms with van der Waals surface area (Å²) in [6, 6.07) is 15.9. The van der Waals surface area contributed by atoms with Crippen LogP contribution in [-0.2, 0) is 6.42 Å². The molecule has 0 saturated heterocycles. The zero-order valence-corrected chi connectivity index (χ0v) is 12.1. The molecule has 2 aromatic rings. The van der Waals surface area contributed by atoms with Crippen LogP contribution in [0.25, 0.3) is 0 Å². The van der Waals surface area contributed by atoms with E-state index in [4.69, 9.17) is 0 Å². The van der Waals surface area contributed by atoms with E-state index in [-0.39, 0.29) is 0 Å². The molecular weight excluding hydrogens is 258 g/mol. The lowest BCUT2D eigenvalue weighted by Gasteiger charge is -1.99. The lowest BCUT2D eigenvalue weighted by atomic mass is 10.1. The normalized spacial score (nSPS) is 9.71. The second-order valence-corrected chi connectivity index (χ2v) is 4.91. The second-order valence-electron chi connectivity index (χ2n) is 4.91. The Labute approximate surface area is 126 Å². The molecular formula is C19H19NO. The monoisotopic (exact) mass is 277 g/mol. The van der Waals surface area contributed by atoms with Crippen molar-refractivity contribution in [2.24, 2.45) is 0 Å². The smallest absolute Gasteiger partial charge is 0.168 e. The molecule has 0 saturated carbocycles. The average Bonchev–Trinajstić information content (AvgIpc) is 2.55. The molecule has 0 fully saturated rings. The van der Waals surface area contributed by atoms with Gasteiger partial charge in [0.25, 0.3) is 0 Å².